The molecule has 0 saturated heterocycles. The predicted octanol–water partition coefficient (Wildman–Crippen LogP) is 5.03. The smallest absolute Gasteiger partial charge is 0.244 e. The summed E-state index contributed by atoms with van der Waals surface area (Å²) < 4.78 is 27.3. The molecule has 0 radical (unpaired) electrons. The van der Waals surface area contributed by atoms with E-state index in [1.54, 1.807) is 48.5 Å². The SMILES string of the molecule is CCCNC(=O)[C@@H](Cc1ccccc1)N(Cc1ccc(Cl)cc1)C(=O)CN(c1ccc(Br)cc1)S(C)(=O)=O. The van der Waals surface area contributed by atoms with E-state index >= 15 is 0 Å². The number of carbonyl (C=O) groups excluding carboxylic acids is 2. The number of anilines is 1. The lowest BCUT2D eigenvalue weighted by Crippen LogP contribution is -2.53. The molecular weight excluding hydrogens is 590 g/mol. The van der Waals surface area contributed by atoms with Gasteiger partial charge < -0.3 is 10.2 Å². The minimum absolute atomic E-state index is 0.102. The summed E-state index contributed by atoms with van der Waals surface area (Å²) in [6.45, 7) is 2.05. The molecule has 0 aromatic heterocycles. The van der Waals surface area contributed by atoms with E-state index in [1.807, 2.05) is 37.3 Å². The van der Waals surface area contributed by atoms with Gasteiger partial charge in [0.2, 0.25) is 21.8 Å². The highest BCUT2D eigenvalue weighted by Crippen LogP contribution is 2.23. The third-order valence-electron chi connectivity index (χ3n) is 5.88. The minimum Gasteiger partial charge on any atom is -0.354 e. The van der Waals surface area contributed by atoms with Gasteiger partial charge in [0.1, 0.15) is 12.6 Å². The largest absolute Gasteiger partial charge is 0.354 e. The highest BCUT2D eigenvalue weighted by Gasteiger charge is 2.32. The highest BCUT2D eigenvalue weighted by molar-refractivity contribution is 9.10. The number of halogens is 2. The maximum Gasteiger partial charge on any atom is 0.244 e. The number of hydrogen-bond acceptors (Lipinski definition) is 4. The summed E-state index contributed by atoms with van der Waals surface area (Å²) in [5.41, 5.74) is 2.00. The molecule has 0 aliphatic rings. The third-order valence-corrected chi connectivity index (χ3v) is 7.80. The maximum absolute atomic E-state index is 13.9. The Kier molecular flexibility index (Phi) is 10.8. The van der Waals surface area contributed by atoms with Crippen LogP contribution in [-0.4, -0.2) is 50.5 Å². The van der Waals surface area contributed by atoms with Crippen LogP contribution in [0.4, 0.5) is 5.69 Å². The second kappa shape index (κ2) is 13.8. The van der Waals surface area contributed by atoms with Crippen molar-refractivity contribution in [3.8, 4) is 0 Å². The van der Waals surface area contributed by atoms with Crippen molar-refractivity contribution in [2.75, 3.05) is 23.7 Å². The van der Waals surface area contributed by atoms with Crippen molar-refractivity contribution in [3.05, 3.63) is 99.5 Å². The van der Waals surface area contributed by atoms with E-state index in [2.05, 4.69) is 21.2 Å². The average Bonchev–Trinajstić information content (AvgIpc) is 2.89. The molecule has 3 rings (SSSR count). The zero-order chi connectivity index (χ0) is 27.7. The number of sulfonamides is 1. The van der Waals surface area contributed by atoms with Crippen molar-refractivity contribution in [2.24, 2.45) is 0 Å². The molecule has 2 amide bonds. The van der Waals surface area contributed by atoms with Gasteiger partial charge in [0.05, 0.1) is 11.9 Å². The van der Waals surface area contributed by atoms with Crippen LogP contribution in [0.3, 0.4) is 0 Å². The van der Waals surface area contributed by atoms with Crippen molar-refractivity contribution in [2.45, 2.75) is 32.4 Å². The lowest BCUT2D eigenvalue weighted by Gasteiger charge is -2.33. The summed E-state index contributed by atoms with van der Waals surface area (Å²) in [5, 5.41) is 3.46. The van der Waals surface area contributed by atoms with E-state index in [-0.39, 0.29) is 18.9 Å². The zero-order valence-electron chi connectivity index (χ0n) is 21.3. The Morgan fingerprint density at radius 2 is 1.58 bits per heavy atom. The Morgan fingerprint density at radius 3 is 2.16 bits per heavy atom. The zero-order valence-corrected chi connectivity index (χ0v) is 24.5. The molecule has 0 fully saturated rings. The van der Waals surface area contributed by atoms with Gasteiger partial charge in [-0.2, -0.15) is 0 Å². The molecule has 1 atom stereocenters. The van der Waals surface area contributed by atoms with Gasteiger partial charge in [-0.25, -0.2) is 8.42 Å². The van der Waals surface area contributed by atoms with Crippen LogP contribution in [-0.2, 0) is 32.6 Å². The molecule has 0 aliphatic heterocycles. The second-order valence-corrected chi connectivity index (χ2v) is 12.1. The van der Waals surface area contributed by atoms with Gasteiger partial charge in [0, 0.05) is 29.0 Å². The van der Waals surface area contributed by atoms with Crippen molar-refractivity contribution in [3.63, 3.8) is 0 Å². The molecule has 3 aromatic rings. The highest BCUT2D eigenvalue weighted by atomic mass is 79.9. The van der Waals surface area contributed by atoms with Crippen molar-refractivity contribution in [1.29, 1.82) is 0 Å². The fourth-order valence-electron chi connectivity index (χ4n) is 3.93. The first-order valence-corrected chi connectivity index (χ1v) is 15.2. The molecule has 3 aromatic carbocycles. The Morgan fingerprint density at radius 1 is 0.947 bits per heavy atom. The number of rotatable bonds is 12. The van der Waals surface area contributed by atoms with Crippen LogP contribution < -0.4 is 9.62 Å². The van der Waals surface area contributed by atoms with E-state index < -0.39 is 28.5 Å². The van der Waals surface area contributed by atoms with Crippen LogP contribution in [0.15, 0.2) is 83.3 Å². The van der Waals surface area contributed by atoms with Gasteiger partial charge in [-0.1, -0.05) is 76.9 Å². The van der Waals surface area contributed by atoms with Crippen LogP contribution in [0, 0.1) is 0 Å². The van der Waals surface area contributed by atoms with Crippen LogP contribution in [0.2, 0.25) is 5.02 Å². The Labute approximate surface area is 238 Å². The number of nitrogens with zero attached hydrogens (tertiary/aromatic N) is 2. The standard InChI is InChI=1S/C28H31BrClN3O4S/c1-3-17-31-28(35)26(18-21-7-5-4-6-8-21)32(19-22-9-13-24(30)14-10-22)27(34)20-33(38(2,36)37)25-15-11-23(29)12-16-25/h4-16,26H,3,17-20H2,1-2H3,(H,31,35)/t26-/m1/s1. The van der Waals surface area contributed by atoms with Gasteiger partial charge >= 0.3 is 0 Å². The fraction of sp³-hybridized carbons (Fsp3) is 0.286. The third kappa shape index (κ3) is 8.58. The molecule has 10 heteroatoms. The van der Waals surface area contributed by atoms with Crippen molar-refractivity contribution < 1.29 is 18.0 Å². The normalized spacial score (nSPS) is 12.0. The van der Waals surface area contributed by atoms with Crippen LogP contribution in [0.5, 0.6) is 0 Å². The number of nitrogens with one attached hydrogen (secondary N) is 1. The molecular formula is C28H31BrClN3O4S. The van der Waals surface area contributed by atoms with Gasteiger partial charge in [-0.3, -0.25) is 13.9 Å². The molecule has 0 saturated carbocycles. The van der Waals surface area contributed by atoms with Gasteiger partial charge in [-0.15, -0.1) is 0 Å². The molecule has 0 bridgehead atoms. The molecule has 38 heavy (non-hydrogen) atoms. The molecule has 1 N–H and O–H groups in total. The number of hydrogen-bond donors (Lipinski definition) is 1. The van der Waals surface area contributed by atoms with Gasteiger partial charge in [0.15, 0.2) is 0 Å². The summed E-state index contributed by atoms with van der Waals surface area (Å²) in [4.78, 5) is 28.8. The predicted molar refractivity (Wildman–Crippen MR) is 156 cm³/mol. The Hall–Kier alpha value is -2.88. The maximum atomic E-state index is 13.9. The molecule has 7 nitrogen and oxygen atoms in total. The summed E-state index contributed by atoms with van der Waals surface area (Å²) in [7, 11) is -3.80. The molecule has 0 spiro atoms. The first-order valence-electron chi connectivity index (χ1n) is 12.2. The summed E-state index contributed by atoms with van der Waals surface area (Å²) in [6.07, 6.45) is 2.06. The van der Waals surface area contributed by atoms with E-state index in [1.165, 1.54) is 4.90 Å². The van der Waals surface area contributed by atoms with E-state index in [9.17, 15) is 18.0 Å². The van der Waals surface area contributed by atoms with Crippen LogP contribution in [0.1, 0.15) is 24.5 Å². The van der Waals surface area contributed by atoms with E-state index in [4.69, 9.17) is 11.6 Å². The number of amides is 2. The van der Waals surface area contributed by atoms with Crippen molar-refractivity contribution >= 4 is 55.1 Å². The van der Waals surface area contributed by atoms with E-state index in [0.29, 0.717) is 17.3 Å². The Bertz CT molecular complexity index is 1320. The lowest BCUT2D eigenvalue weighted by molar-refractivity contribution is -0.140. The monoisotopic (exact) mass is 619 g/mol. The minimum atomic E-state index is -3.80. The number of benzene rings is 3. The van der Waals surface area contributed by atoms with Gasteiger partial charge in [0.25, 0.3) is 0 Å². The lowest BCUT2D eigenvalue weighted by atomic mass is 10.0. The van der Waals surface area contributed by atoms with E-state index in [0.717, 1.165) is 32.6 Å². The summed E-state index contributed by atoms with van der Waals surface area (Å²) in [6, 6.07) is 22.2. The fourth-order valence-corrected chi connectivity index (χ4v) is 5.17. The molecule has 0 unspecified atom stereocenters. The Balaban J connectivity index is 2.02. The summed E-state index contributed by atoms with van der Waals surface area (Å²) >= 11 is 9.42. The number of carbonyl (C=O) groups is 2. The first kappa shape index (κ1) is 29.7. The quantitative estimate of drug-likeness (QED) is 0.308. The molecule has 202 valence electrons. The van der Waals surface area contributed by atoms with Crippen LogP contribution >= 0.6 is 27.5 Å². The van der Waals surface area contributed by atoms with Crippen molar-refractivity contribution in [1.82, 2.24) is 10.2 Å². The topological polar surface area (TPSA) is 86.8 Å². The van der Waals surface area contributed by atoms with Gasteiger partial charge in [-0.05, 0) is 53.9 Å². The summed E-state index contributed by atoms with van der Waals surface area (Å²) in [5.74, 6) is -0.798. The van der Waals surface area contributed by atoms with Crippen LogP contribution in [0.25, 0.3) is 0 Å². The first-order chi connectivity index (χ1) is 18.1. The average molecular weight is 621 g/mol. The molecule has 0 heterocycles. The molecule has 0 aliphatic carbocycles. The second-order valence-electron chi connectivity index (χ2n) is 8.89.